The van der Waals surface area contributed by atoms with Crippen molar-refractivity contribution < 1.29 is 20.0 Å². The minimum atomic E-state index is -1.18. The van der Waals surface area contributed by atoms with Crippen molar-refractivity contribution in [3.05, 3.63) is 35.6 Å². The average molecular weight is 197 g/mol. The Hall–Kier alpha value is -1.42. The number of hydrogen-bond acceptors (Lipinski definition) is 2. The Kier molecular flexibility index (Phi) is 3.59. The molecule has 3 nitrogen and oxygen atoms in total. The Bertz CT molecular complexity index is 328. The largest absolute Gasteiger partial charge is 0.550 e. The van der Waals surface area contributed by atoms with Crippen LogP contribution in [0.15, 0.2) is 24.3 Å². The predicted molar refractivity (Wildman–Crippen MR) is 46.4 cm³/mol. The summed E-state index contributed by atoms with van der Waals surface area (Å²) in [5.74, 6) is -2.28. The molecule has 0 fully saturated rings. The normalized spacial score (nSPS) is 12.4. The van der Waals surface area contributed by atoms with E-state index >= 15 is 0 Å². The van der Waals surface area contributed by atoms with E-state index in [4.69, 9.17) is 0 Å². The molecule has 0 saturated carbocycles. The minimum absolute atomic E-state index is 0.137. The minimum Gasteiger partial charge on any atom is -0.550 e. The second kappa shape index (κ2) is 4.72. The third kappa shape index (κ3) is 2.53. The third-order valence-corrected chi connectivity index (χ3v) is 2.11. The molecule has 0 aliphatic carbocycles. The van der Waals surface area contributed by atoms with Gasteiger partial charge in [0.15, 0.2) is 0 Å². The number of quaternary nitrogens is 1. The summed E-state index contributed by atoms with van der Waals surface area (Å²) in [4.78, 5) is 10.6. The first-order valence-electron chi connectivity index (χ1n) is 4.38. The Morgan fingerprint density at radius 2 is 2.14 bits per heavy atom. The molecule has 0 unspecified atom stereocenters. The second-order valence-corrected chi connectivity index (χ2v) is 3.10. The number of carboxylic acids is 1. The van der Waals surface area contributed by atoms with Crippen LogP contribution in [-0.4, -0.2) is 12.5 Å². The van der Waals surface area contributed by atoms with E-state index in [0.717, 1.165) is 0 Å². The van der Waals surface area contributed by atoms with Crippen molar-refractivity contribution in [1.29, 1.82) is 0 Å². The van der Waals surface area contributed by atoms with Crippen LogP contribution in [0.3, 0.4) is 0 Å². The molecule has 0 amide bonds. The smallest absolute Gasteiger partial charge is 0.126 e. The quantitative estimate of drug-likeness (QED) is 0.671. The van der Waals surface area contributed by atoms with Gasteiger partial charge in [-0.2, -0.15) is 0 Å². The number of rotatable bonds is 4. The van der Waals surface area contributed by atoms with Crippen LogP contribution in [0.5, 0.6) is 0 Å². The van der Waals surface area contributed by atoms with Crippen molar-refractivity contribution in [3.8, 4) is 0 Å². The molecule has 76 valence electrons. The summed E-state index contributed by atoms with van der Waals surface area (Å²) in [6, 6.07) is 6.12. The van der Waals surface area contributed by atoms with Crippen molar-refractivity contribution in [1.82, 2.24) is 0 Å². The molecular weight excluding hydrogens is 185 g/mol. The molecule has 0 aliphatic heterocycles. The molecule has 0 bridgehead atoms. The number of carbonyl (C=O) groups is 1. The zero-order valence-corrected chi connectivity index (χ0v) is 7.70. The van der Waals surface area contributed by atoms with Crippen molar-refractivity contribution in [2.24, 2.45) is 5.92 Å². The van der Waals surface area contributed by atoms with Gasteiger partial charge in [-0.15, -0.1) is 0 Å². The number of carbonyl (C=O) groups excluding carboxylic acids is 1. The van der Waals surface area contributed by atoms with Gasteiger partial charge in [-0.3, -0.25) is 0 Å². The summed E-state index contributed by atoms with van der Waals surface area (Å²) in [6.07, 6.45) is 0.137. The zero-order valence-electron chi connectivity index (χ0n) is 7.70. The molecule has 0 saturated heterocycles. The van der Waals surface area contributed by atoms with E-state index in [-0.39, 0.29) is 18.8 Å². The first-order valence-corrected chi connectivity index (χ1v) is 4.38. The molecular formula is C10H12FNO2. The number of hydrogen-bond donors (Lipinski definition) is 1. The van der Waals surface area contributed by atoms with Crippen molar-refractivity contribution in [3.63, 3.8) is 0 Å². The van der Waals surface area contributed by atoms with Crippen LogP contribution in [0.1, 0.15) is 5.56 Å². The number of benzene rings is 1. The van der Waals surface area contributed by atoms with Crippen molar-refractivity contribution in [2.75, 3.05) is 6.54 Å². The molecule has 0 spiro atoms. The van der Waals surface area contributed by atoms with E-state index in [9.17, 15) is 14.3 Å². The van der Waals surface area contributed by atoms with Crippen LogP contribution >= 0.6 is 0 Å². The summed E-state index contributed by atoms with van der Waals surface area (Å²) in [7, 11) is 0. The van der Waals surface area contributed by atoms with Crippen LogP contribution in [0.4, 0.5) is 4.39 Å². The topological polar surface area (TPSA) is 67.8 Å². The molecule has 1 rings (SSSR count). The summed E-state index contributed by atoms with van der Waals surface area (Å²) >= 11 is 0. The fourth-order valence-corrected chi connectivity index (χ4v) is 1.23. The van der Waals surface area contributed by atoms with Gasteiger partial charge in [-0.1, -0.05) is 18.2 Å². The molecule has 14 heavy (non-hydrogen) atoms. The van der Waals surface area contributed by atoms with Gasteiger partial charge in [0.25, 0.3) is 0 Å². The molecule has 0 aliphatic rings. The lowest BCUT2D eigenvalue weighted by atomic mass is 9.99. The highest BCUT2D eigenvalue weighted by Gasteiger charge is 2.12. The Morgan fingerprint density at radius 1 is 1.50 bits per heavy atom. The summed E-state index contributed by atoms with van der Waals surface area (Å²) in [5, 5.41) is 10.6. The lowest BCUT2D eigenvalue weighted by molar-refractivity contribution is -0.387. The maximum absolute atomic E-state index is 13.1. The SMILES string of the molecule is [NH3+]C[C@@H](Cc1ccccc1F)C(=O)[O-]. The molecule has 0 aromatic heterocycles. The number of halogens is 1. The first-order chi connectivity index (χ1) is 6.65. The highest BCUT2D eigenvalue weighted by atomic mass is 19.1. The maximum Gasteiger partial charge on any atom is 0.126 e. The lowest BCUT2D eigenvalue weighted by Gasteiger charge is -2.13. The van der Waals surface area contributed by atoms with Crippen molar-refractivity contribution >= 4 is 5.97 Å². The monoisotopic (exact) mass is 197 g/mol. The van der Waals surface area contributed by atoms with E-state index in [1.165, 1.54) is 6.07 Å². The molecule has 1 aromatic rings. The standard InChI is InChI=1S/C10H12FNO2/c11-9-4-2-1-3-7(9)5-8(6-12)10(13)14/h1-4,8H,5-6,12H2,(H,13,14)/t8-/m1/s1. The molecule has 1 atom stereocenters. The van der Waals surface area contributed by atoms with Gasteiger partial charge in [0.2, 0.25) is 0 Å². The zero-order chi connectivity index (χ0) is 10.6. The van der Waals surface area contributed by atoms with Crippen LogP contribution in [0, 0.1) is 11.7 Å². The fourth-order valence-electron chi connectivity index (χ4n) is 1.23. The highest BCUT2D eigenvalue weighted by Crippen LogP contribution is 2.11. The van der Waals surface area contributed by atoms with Gasteiger partial charge in [0.05, 0.1) is 18.4 Å². The Labute approximate surface area is 81.4 Å². The Morgan fingerprint density at radius 3 is 2.64 bits per heavy atom. The molecule has 3 N–H and O–H groups in total. The van der Waals surface area contributed by atoms with Crippen LogP contribution in [0.25, 0.3) is 0 Å². The van der Waals surface area contributed by atoms with E-state index < -0.39 is 11.9 Å². The predicted octanol–water partition coefficient (Wildman–Crippen LogP) is -1.02. The van der Waals surface area contributed by atoms with Crippen LogP contribution < -0.4 is 10.8 Å². The molecule has 0 heterocycles. The average Bonchev–Trinajstić information content (AvgIpc) is 2.16. The van der Waals surface area contributed by atoms with Gasteiger partial charge < -0.3 is 15.6 Å². The lowest BCUT2D eigenvalue weighted by Crippen LogP contribution is -2.57. The van der Waals surface area contributed by atoms with Crippen LogP contribution in [-0.2, 0) is 11.2 Å². The molecule has 4 heteroatoms. The Balaban J connectivity index is 2.77. The fraction of sp³-hybridized carbons (Fsp3) is 0.300. The van der Waals surface area contributed by atoms with Gasteiger partial charge in [-0.05, 0) is 18.1 Å². The summed E-state index contributed by atoms with van der Waals surface area (Å²) in [5.41, 5.74) is 3.88. The second-order valence-electron chi connectivity index (χ2n) is 3.10. The number of carboxylic acid groups (broad SMARTS) is 1. The van der Waals surface area contributed by atoms with Gasteiger partial charge >= 0.3 is 0 Å². The van der Waals surface area contributed by atoms with Gasteiger partial charge in [-0.25, -0.2) is 4.39 Å². The highest BCUT2D eigenvalue weighted by molar-refractivity contribution is 5.68. The van der Waals surface area contributed by atoms with E-state index in [1.807, 2.05) is 0 Å². The molecule has 0 radical (unpaired) electrons. The van der Waals surface area contributed by atoms with Gasteiger partial charge in [0, 0.05) is 0 Å². The van der Waals surface area contributed by atoms with Crippen LogP contribution in [0.2, 0.25) is 0 Å². The van der Waals surface area contributed by atoms with E-state index in [1.54, 1.807) is 18.2 Å². The molecule has 1 aromatic carbocycles. The van der Waals surface area contributed by atoms with E-state index in [0.29, 0.717) is 5.56 Å². The summed E-state index contributed by atoms with van der Waals surface area (Å²) in [6.45, 7) is 0.205. The third-order valence-electron chi connectivity index (χ3n) is 2.11. The van der Waals surface area contributed by atoms with E-state index in [2.05, 4.69) is 5.73 Å². The summed E-state index contributed by atoms with van der Waals surface area (Å²) < 4.78 is 13.1. The van der Waals surface area contributed by atoms with Crippen molar-refractivity contribution in [2.45, 2.75) is 6.42 Å². The maximum atomic E-state index is 13.1. The van der Waals surface area contributed by atoms with Gasteiger partial charge in [0.1, 0.15) is 5.82 Å². The number of aliphatic carboxylic acids is 1. The first kappa shape index (κ1) is 10.7.